The normalized spacial score (nSPS) is 21.2. The van der Waals surface area contributed by atoms with Gasteiger partial charge in [-0.1, -0.05) is 6.08 Å². The van der Waals surface area contributed by atoms with Gasteiger partial charge in [0.1, 0.15) is 6.04 Å². The third kappa shape index (κ3) is 5.22. The van der Waals surface area contributed by atoms with Crippen LogP contribution in [0.15, 0.2) is 23.9 Å². The zero-order chi connectivity index (χ0) is 20.1. The molecule has 0 aromatic carbocycles. The lowest BCUT2D eigenvalue weighted by Gasteiger charge is -2.37. The molecule has 3 atom stereocenters. The molecule has 0 N–H and O–H groups in total. The van der Waals surface area contributed by atoms with Gasteiger partial charge in [0, 0.05) is 34.0 Å². The molecule has 3 unspecified atom stereocenters. The maximum absolute atomic E-state index is 13.3. The quantitative estimate of drug-likeness (QED) is 0.638. The highest BCUT2D eigenvalue weighted by molar-refractivity contribution is 5.81. The summed E-state index contributed by atoms with van der Waals surface area (Å²) < 4.78 is 50.2. The van der Waals surface area contributed by atoms with Gasteiger partial charge in [0.2, 0.25) is 5.91 Å². The first-order valence-electron chi connectivity index (χ1n) is 7.96. The second kappa shape index (κ2) is 9.05. The van der Waals surface area contributed by atoms with Crippen molar-refractivity contribution in [2.45, 2.75) is 25.4 Å². The Morgan fingerprint density at radius 2 is 1.92 bits per heavy atom. The predicted molar refractivity (Wildman–Crippen MR) is 88.5 cm³/mol. The first-order chi connectivity index (χ1) is 12.1. The van der Waals surface area contributed by atoms with E-state index in [2.05, 4.69) is 0 Å². The molecule has 0 fully saturated rings. The number of nitriles is 1. The molecule has 6 nitrogen and oxygen atoms in total. The molecule has 1 aliphatic carbocycles. The number of likely N-dealkylation sites (N-methyl/N-ethyl adjacent to an activating group) is 1. The number of allylic oxidation sites excluding steroid dienone is 3. The highest BCUT2D eigenvalue weighted by Gasteiger charge is 2.44. The van der Waals surface area contributed by atoms with Gasteiger partial charge in [0.05, 0.1) is 24.4 Å². The number of hydrogen-bond acceptors (Lipinski definition) is 5. The van der Waals surface area contributed by atoms with Gasteiger partial charge >= 0.3 is 6.18 Å². The van der Waals surface area contributed by atoms with Crippen LogP contribution in [0.2, 0.25) is 0 Å². The Labute approximate surface area is 151 Å². The van der Waals surface area contributed by atoms with Gasteiger partial charge in [0.25, 0.3) is 0 Å². The largest absolute Gasteiger partial charge is 0.396 e. The van der Waals surface area contributed by atoms with E-state index in [0.29, 0.717) is 0 Å². The number of amides is 1. The molecule has 0 spiro atoms. The summed E-state index contributed by atoms with van der Waals surface area (Å²) in [4.78, 5) is 15.2. The molecule has 9 heteroatoms. The van der Waals surface area contributed by atoms with Gasteiger partial charge in [-0.2, -0.15) is 18.4 Å². The van der Waals surface area contributed by atoms with Crippen LogP contribution in [0.4, 0.5) is 13.2 Å². The van der Waals surface area contributed by atoms with Gasteiger partial charge < -0.3 is 19.3 Å². The van der Waals surface area contributed by atoms with Crippen LogP contribution in [0.3, 0.4) is 0 Å². The molecule has 0 heterocycles. The third-order valence-corrected chi connectivity index (χ3v) is 4.21. The van der Waals surface area contributed by atoms with E-state index >= 15 is 0 Å². The van der Waals surface area contributed by atoms with Crippen LogP contribution in [0, 0.1) is 23.2 Å². The Morgan fingerprint density at radius 1 is 1.35 bits per heavy atom. The molecule has 0 aromatic rings. The summed E-state index contributed by atoms with van der Waals surface area (Å²) in [6.45, 7) is 1.64. The number of ether oxygens (including phenoxy) is 2. The van der Waals surface area contributed by atoms with Crippen molar-refractivity contribution in [3.63, 3.8) is 0 Å². The number of carbonyl (C=O) groups is 1. The molecular formula is C17H24F3N3O3. The minimum absolute atomic E-state index is 0.0473. The Hall–Kier alpha value is -2.05. The number of carbonyl (C=O) groups excluding carboxylic acids is 1. The van der Waals surface area contributed by atoms with Gasteiger partial charge in [-0.05, 0) is 19.1 Å². The minimum atomic E-state index is -4.57. The molecule has 0 bridgehead atoms. The number of alkyl halides is 3. The number of halogens is 3. The Bertz CT molecular complexity index is 592. The molecule has 0 saturated heterocycles. The summed E-state index contributed by atoms with van der Waals surface area (Å²) in [5.41, 5.74) is 0.195. The first kappa shape index (κ1) is 22.0. The fourth-order valence-corrected chi connectivity index (χ4v) is 2.68. The third-order valence-electron chi connectivity index (χ3n) is 4.21. The molecule has 0 aliphatic heterocycles. The van der Waals surface area contributed by atoms with E-state index in [1.165, 1.54) is 36.2 Å². The van der Waals surface area contributed by atoms with Crippen molar-refractivity contribution >= 4 is 5.91 Å². The molecule has 1 rings (SSSR count). The van der Waals surface area contributed by atoms with E-state index in [4.69, 9.17) is 14.7 Å². The van der Waals surface area contributed by atoms with Crippen LogP contribution < -0.4 is 0 Å². The summed E-state index contributed by atoms with van der Waals surface area (Å²) in [6.07, 6.45) is -1.69. The van der Waals surface area contributed by atoms with Crippen molar-refractivity contribution < 1.29 is 27.4 Å². The Morgan fingerprint density at radius 3 is 2.35 bits per heavy atom. The lowest BCUT2D eigenvalue weighted by Crippen LogP contribution is -2.48. The van der Waals surface area contributed by atoms with Crippen molar-refractivity contribution in [3.8, 4) is 6.07 Å². The number of rotatable bonds is 7. The van der Waals surface area contributed by atoms with Crippen molar-refractivity contribution in [2.75, 3.05) is 34.9 Å². The number of hydrogen-bond donors (Lipinski definition) is 0. The fraction of sp³-hybridized carbons (Fsp3) is 0.647. The number of methoxy groups -OCH3 is 2. The topological polar surface area (TPSA) is 65.8 Å². The van der Waals surface area contributed by atoms with Crippen LogP contribution in [-0.2, 0) is 14.3 Å². The molecule has 0 radical (unpaired) electrons. The van der Waals surface area contributed by atoms with Crippen LogP contribution in [0.1, 0.15) is 6.92 Å². The van der Waals surface area contributed by atoms with Crippen molar-refractivity contribution in [3.05, 3.63) is 23.9 Å². The van der Waals surface area contributed by atoms with Gasteiger partial charge in [-0.25, -0.2) is 0 Å². The highest BCUT2D eigenvalue weighted by atomic mass is 19.4. The molecule has 146 valence electrons. The summed E-state index contributed by atoms with van der Waals surface area (Å²) in [7, 11) is 5.94. The monoisotopic (exact) mass is 375 g/mol. The van der Waals surface area contributed by atoms with E-state index in [9.17, 15) is 18.0 Å². The predicted octanol–water partition coefficient (Wildman–Crippen LogP) is 2.16. The fourth-order valence-electron chi connectivity index (χ4n) is 2.68. The van der Waals surface area contributed by atoms with Crippen LogP contribution in [0.25, 0.3) is 0 Å². The van der Waals surface area contributed by atoms with Crippen LogP contribution in [0.5, 0.6) is 0 Å². The number of nitrogens with zero attached hydrogens (tertiary/aromatic N) is 3. The standard InChI is InChI=1S/C17H24F3N3O3/c1-11(16(24)22(2)3)23(10-15(25-4)26-5)13-7-6-12(9-21)14(8-13)17(18,19)20/h6-8,11-12,14-15H,10H2,1-5H3. The maximum Gasteiger partial charge on any atom is 0.396 e. The van der Waals surface area contributed by atoms with E-state index in [0.717, 1.165) is 6.08 Å². The molecular weight excluding hydrogens is 351 g/mol. The second-order valence-corrected chi connectivity index (χ2v) is 6.13. The maximum atomic E-state index is 13.3. The second-order valence-electron chi connectivity index (χ2n) is 6.13. The lowest BCUT2D eigenvalue weighted by atomic mass is 9.87. The summed E-state index contributed by atoms with van der Waals surface area (Å²) >= 11 is 0. The van der Waals surface area contributed by atoms with Gasteiger partial charge in [0.15, 0.2) is 6.29 Å². The zero-order valence-corrected chi connectivity index (χ0v) is 15.4. The minimum Gasteiger partial charge on any atom is -0.355 e. The van der Waals surface area contributed by atoms with Crippen molar-refractivity contribution in [1.29, 1.82) is 5.26 Å². The SMILES string of the molecule is COC(CN(C1=CC(C(F)(F)F)C(C#N)C=C1)C(C)C(=O)N(C)C)OC. The average molecular weight is 375 g/mol. The van der Waals surface area contributed by atoms with E-state index < -0.39 is 30.3 Å². The lowest BCUT2D eigenvalue weighted by molar-refractivity contribution is -0.167. The Balaban J connectivity index is 3.28. The van der Waals surface area contributed by atoms with Crippen LogP contribution in [-0.4, -0.2) is 69.1 Å². The summed E-state index contributed by atoms with van der Waals surface area (Å²) in [5, 5.41) is 9.00. The van der Waals surface area contributed by atoms with Crippen molar-refractivity contribution in [1.82, 2.24) is 9.80 Å². The van der Waals surface area contributed by atoms with Crippen LogP contribution >= 0.6 is 0 Å². The van der Waals surface area contributed by atoms with Gasteiger partial charge in [-0.3, -0.25) is 4.79 Å². The van der Waals surface area contributed by atoms with Crippen molar-refractivity contribution in [2.24, 2.45) is 11.8 Å². The zero-order valence-electron chi connectivity index (χ0n) is 15.4. The molecule has 1 amide bonds. The molecule has 0 aromatic heterocycles. The molecule has 0 saturated carbocycles. The smallest absolute Gasteiger partial charge is 0.355 e. The van der Waals surface area contributed by atoms with E-state index in [1.54, 1.807) is 27.1 Å². The van der Waals surface area contributed by atoms with E-state index in [-0.39, 0.29) is 18.1 Å². The van der Waals surface area contributed by atoms with Gasteiger partial charge in [-0.15, -0.1) is 0 Å². The molecule has 26 heavy (non-hydrogen) atoms. The Kier molecular flexibility index (Phi) is 7.66. The summed E-state index contributed by atoms with van der Waals surface area (Å²) in [5.74, 6) is -3.53. The first-order valence-corrected chi connectivity index (χ1v) is 7.96. The molecule has 1 aliphatic rings. The summed E-state index contributed by atoms with van der Waals surface area (Å²) in [6, 6.07) is 0.910. The van der Waals surface area contributed by atoms with E-state index in [1.807, 2.05) is 0 Å². The highest BCUT2D eigenvalue weighted by Crippen LogP contribution is 2.38. The average Bonchev–Trinajstić information content (AvgIpc) is 2.60.